The smallest absolute Gasteiger partial charge is 0.131 e. The molecular formula is C13H16BrNO2. The highest BCUT2D eigenvalue weighted by Crippen LogP contribution is 2.23. The molecule has 2 heterocycles. The van der Waals surface area contributed by atoms with E-state index in [0.717, 1.165) is 21.8 Å². The van der Waals surface area contributed by atoms with Crippen LogP contribution in [-0.2, 0) is 6.54 Å². The number of hydrogen-bond donors (Lipinski definition) is 1. The Bertz CT molecular complexity index is 501. The fourth-order valence-corrected chi connectivity index (χ4v) is 2.23. The molecule has 0 spiro atoms. The average molecular weight is 298 g/mol. The molecule has 0 aromatic carbocycles. The standard InChI is InChI=1S/C13H16BrNO2/c1-8-6-11(10(3)17-8)9(2)15-7-13-12(14)4-5-16-13/h4-6,9,15H,7H2,1-3H3. The predicted octanol–water partition coefficient (Wildman–Crippen LogP) is 4.10. The molecule has 0 saturated carbocycles. The van der Waals surface area contributed by atoms with Gasteiger partial charge in [0.2, 0.25) is 0 Å². The summed E-state index contributed by atoms with van der Waals surface area (Å²) in [5, 5.41) is 3.41. The van der Waals surface area contributed by atoms with Crippen LogP contribution in [0.2, 0.25) is 0 Å². The number of furan rings is 2. The summed E-state index contributed by atoms with van der Waals surface area (Å²) in [6, 6.07) is 4.21. The van der Waals surface area contributed by atoms with Crippen molar-refractivity contribution in [3.8, 4) is 0 Å². The van der Waals surface area contributed by atoms with Crippen molar-refractivity contribution in [2.75, 3.05) is 0 Å². The van der Waals surface area contributed by atoms with Crippen molar-refractivity contribution in [3.05, 3.63) is 45.7 Å². The average Bonchev–Trinajstić information content (AvgIpc) is 2.81. The zero-order valence-electron chi connectivity index (χ0n) is 10.2. The quantitative estimate of drug-likeness (QED) is 0.923. The molecule has 17 heavy (non-hydrogen) atoms. The first-order chi connectivity index (χ1) is 8.08. The molecule has 0 aliphatic rings. The SMILES string of the molecule is Cc1cc(C(C)NCc2occc2Br)c(C)o1. The van der Waals surface area contributed by atoms with E-state index in [1.54, 1.807) is 6.26 Å². The molecule has 1 unspecified atom stereocenters. The highest BCUT2D eigenvalue weighted by Gasteiger charge is 2.13. The van der Waals surface area contributed by atoms with Gasteiger partial charge in [-0.3, -0.25) is 0 Å². The fraction of sp³-hybridized carbons (Fsp3) is 0.385. The van der Waals surface area contributed by atoms with Crippen LogP contribution in [0.3, 0.4) is 0 Å². The zero-order chi connectivity index (χ0) is 12.4. The minimum absolute atomic E-state index is 0.240. The Morgan fingerprint density at radius 2 is 2.18 bits per heavy atom. The first-order valence-corrected chi connectivity index (χ1v) is 6.39. The Hall–Kier alpha value is -1.00. The van der Waals surface area contributed by atoms with E-state index in [2.05, 4.69) is 34.2 Å². The van der Waals surface area contributed by atoms with Crippen molar-refractivity contribution >= 4 is 15.9 Å². The van der Waals surface area contributed by atoms with Gasteiger partial charge in [0.05, 0.1) is 17.3 Å². The minimum atomic E-state index is 0.240. The van der Waals surface area contributed by atoms with Gasteiger partial charge in [-0.15, -0.1) is 0 Å². The monoisotopic (exact) mass is 297 g/mol. The normalized spacial score (nSPS) is 12.9. The van der Waals surface area contributed by atoms with Gasteiger partial charge in [0.1, 0.15) is 17.3 Å². The molecule has 92 valence electrons. The number of nitrogens with one attached hydrogen (secondary N) is 1. The van der Waals surface area contributed by atoms with Crippen molar-refractivity contribution in [1.82, 2.24) is 5.32 Å². The van der Waals surface area contributed by atoms with Crippen LogP contribution in [0.5, 0.6) is 0 Å². The molecule has 2 aromatic rings. The fourth-order valence-electron chi connectivity index (χ4n) is 1.89. The van der Waals surface area contributed by atoms with E-state index in [-0.39, 0.29) is 6.04 Å². The van der Waals surface area contributed by atoms with E-state index in [4.69, 9.17) is 8.83 Å². The van der Waals surface area contributed by atoms with Gasteiger partial charge in [0.25, 0.3) is 0 Å². The highest BCUT2D eigenvalue weighted by atomic mass is 79.9. The van der Waals surface area contributed by atoms with Crippen molar-refractivity contribution in [3.63, 3.8) is 0 Å². The van der Waals surface area contributed by atoms with Crippen LogP contribution in [0.15, 0.2) is 31.7 Å². The molecule has 0 saturated heterocycles. The first kappa shape index (κ1) is 12.5. The Labute approximate surface area is 109 Å². The number of aryl methyl sites for hydroxylation is 2. The van der Waals surface area contributed by atoms with Crippen molar-refractivity contribution in [1.29, 1.82) is 0 Å². The Kier molecular flexibility index (Phi) is 3.74. The maximum absolute atomic E-state index is 5.52. The van der Waals surface area contributed by atoms with E-state index < -0.39 is 0 Å². The van der Waals surface area contributed by atoms with Crippen LogP contribution in [0.1, 0.15) is 35.8 Å². The number of rotatable bonds is 4. The lowest BCUT2D eigenvalue weighted by atomic mass is 10.1. The van der Waals surface area contributed by atoms with Crippen LogP contribution in [0, 0.1) is 13.8 Å². The second kappa shape index (κ2) is 5.10. The molecule has 0 aliphatic heterocycles. The zero-order valence-corrected chi connectivity index (χ0v) is 11.8. The van der Waals surface area contributed by atoms with Gasteiger partial charge in [-0.25, -0.2) is 0 Å². The van der Waals surface area contributed by atoms with Gasteiger partial charge in [-0.1, -0.05) is 0 Å². The lowest BCUT2D eigenvalue weighted by Crippen LogP contribution is -2.18. The highest BCUT2D eigenvalue weighted by molar-refractivity contribution is 9.10. The maximum atomic E-state index is 5.52. The first-order valence-electron chi connectivity index (χ1n) is 5.60. The Balaban J connectivity index is 2.00. The van der Waals surface area contributed by atoms with Gasteiger partial charge in [0, 0.05) is 11.6 Å². The molecule has 0 bridgehead atoms. The minimum Gasteiger partial charge on any atom is -0.467 e. The Morgan fingerprint density at radius 1 is 1.41 bits per heavy atom. The molecule has 0 aliphatic carbocycles. The number of hydrogen-bond acceptors (Lipinski definition) is 3. The maximum Gasteiger partial charge on any atom is 0.131 e. The number of halogens is 1. The van der Waals surface area contributed by atoms with Gasteiger partial charge in [0.15, 0.2) is 0 Å². The largest absolute Gasteiger partial charge is 0.467 e. The van der Waals surface area contributed by atoms with E-state index in [1.807, 2.05) is 19.9 Å². The van der Waals surface area contributed by atoms with Crippen LogP contribution in [0.4, 0.5) is 0 Å². The van der Waals surface area contributed by atoms with Gasteiger partial charge in [-0.05, 0) is 48.8 Å². The van der Waals surface area contributed by atoms with E-state index >= 15 is 0 Å². The summed E-state index contributed by atoms with van der Waals surface area (Å²) in [5.41, 5.74) is 1.20. The molecule has 1 N–H and O–H groups in total. The molecular weight excluding hydrogens is 282 g/mol. The van der Waals surface area contributed by atoms with Crippen LogP contribution in [-0.4, -0.2) is 0 Å². The van der Waals surface area contributed by atoms with Crippen LogP contribution >= 0.6 is 15.9 Å². The molecule has 0 radical (unpaired) electrons. The molecule has 4 heteroatoms. The Morgan fingerprint density at radius 3 is 2.71 bits per heavy atom. The molecule has 0 fully saturated rings. The molecule has 0 amide bonds. The third-order valence-electron chi connectivity index (χ3n) is 2.81. The van der Waals surface area contributed by atoms with Crippen molar-refractivity contribution in [2.24, 2.45) is 0 Å². The lowest BCUT2D eigenvalue weighted by molar-refractivity contribution is 0.451. The van der Waals surface area contributed by atoms with Crippen molar-refractivity contribution in [2.45, 2.75) is 33.4 Å². The van der Waals surface area contributed by atoms with Gasteiger partial charge < -0.3 is 14.2 Å². The van der Waals surface area contributed by atoms with Crippen LogP contribution in [0.25, 0.3) is 0 Å². The molecule has 2 rings (SSSR count). The summed E-state index contributed by atoms with van der Waals surface area (Å²) >= 11 is 3.44. The second-order valence-electron chi connectivity index (χ2n) is 4.16. The van der Waals surface area contributed by atoms with Gasteiger partial charge in [-0.2, -0.15) is 0 Å². The summed E-state index contributed by atoms with van der Waals surface area (Å²) in [6.07, 6.45) is 1.68. The van der Waals surface area contributed by atoms with E-state index in [9.17, 15) is 0 Å². The summed E-state index contributed by atoms with van der Waals surface area (Å²) in [4.78, 5) is 0. The van der Waals surface area contributed by atoms with Crippen molar-refractivity contribution < 1.29 is 8.83 Å². The topological polar surface area (TPSA) is 38.3 Å². The van der Waals surface area contributed by atoms with E-state index in [0.29, 0.717) is 6.54 Å². The summed E-state index contributed by atoms with van der Waals surface area (Å²) in [7, 11) is 0. The summed E-state index contributed by atoms with van der Waals surface area (Å²) in [6.45, 7) is 6.77. The molecule has 1 atom stereocenters. The second-order valence-corrected chi connectivity index (χ2v) is 5.02. The van der Waals surface area contributed by atoms with Crippen LogP contribution < -0.4 is 5.32 Å². The lowest BCUT2D eigenvalue weighted by Gasteiger charge is -2.12. The third kappa shape index (κ3) is 2.82. The summed E-state index contributed by atoms with van der Waals surface area (Å²) in [5.74, 6) is 2.83. The third-order valence-corrected chi connectivity index (χ3v) is 3.51. The van der Waals surface area contributed by atoms with Gasteiger partial charge >= 0.3 is 0 Å². The molecule has 2 aromatic heterocycles. The predicted molar refractivity (Wildman–Crippen MR) is 69.8 cm³/mol. The van der Waals surface area contributed by atoms with E-state index in [1.165, 1.54) is 5.56 Å². The summed E-state index contributed by atoms with van der Waals surface area (Å²) < 4.78 is 11.9. The molecule has 3 nitrogen and oxygen atoms in total.